The first-order valence-corrected chi connectivity index (χ1v) is 12.6. The molecule has 0 unspecified atom stereocenters. The second-order valence-corrected chi connectivity index (χ2v) is 10.5. The normalized spacial score (nSPS) is 15.5. The second-order valence-electron chi connectivity index (χ2n) is 8.08. The Hall–Kier alpha value is -2.77. The summed E-state index contributed by atoms with van der Waals surface area (Å²) in [5.41, 5.74) is 6.62. The predicted octanol–water partition coefficient (Wildman–Crippen LogP) is 2.69. The molecule has 1 aliphatic carbocycles. The summed E-state index contributed by atoms with van der Waals surface area (Å²) in [6.07, 6.45) is 1.79. The number of aromatic nitrogens is 2. The van der Waals surface area contributed by atoms with Crippen LogP contribution in [0.5, 0.6) is 5.75 Å². The number of phenols is 1. The Morgan fingerprint density at radius 1 is 1.16 bits per heavy atom. The molecule has 0 bridgehead atoms. The average molecular weight is 436 g/mol. The molecule has 1 amide bonds. The lowest BCUT2D eigenvalue weighted by Crippen LogP contribution is -2.38. The lowest BCUT2D eigenvalue weighted by molar-refractivity contribution is 0.0951. The SMILES string of the molecule is O=C(NCCC[S+]1CCNCC1)c1cc(-c2n[nH]c3c2Cc2ccccc2-3)ccc1O. The monoisotopic (exact) mass is 435 g/mol. The van der Waals surface area contributed by atoms with Crippen molar-refractivity contribution in [2.24, 2.45) is 0 Å². The molecule has 2 heterocycles. The molecule has 1 saturated heterocycles. The van der Waals surface area contributed by atoms with Gasteiger partial charge in [-0.15, -0.1) is 0 Å². The fourth-order valence-corrected chi connectivity index (χ4v) is 6.44. The summed E-state index contributed by atoms with van der Waals surface area (Å²) in [7, 11) is 0.476. The van der Waals surface area contributed by atoms with E-state index in [1.165, 1.54) is 22.6 Å². The summed E-state index contributed by atoms with van der Waals surface area (Å²) in [5.74, 6) is 3.41. The Balaban J connectivity index is 1.28. The number of amides is 1. The molecule has 7 heteroatoms. The molecule has 31 heavy (non-hydrogen) atoms. The van der Waals surface area contributed by atoms with Gasteiger partial charge in [0.25, 0.3) is 5.91 Å². The Morgan fingerprint density at radius 3 is 2.87 bits per heavy atom. The van der Waals surface area contributed by atoms with Gasteiger partial charge in [-0.2, -0.15) is 5.10 Å². The molecule has 2 aliphatic rings. The predicted molar refractivity (Wildman–Crippen MR) is 126 cm³/mol. The molecule has 5 rings (SSSR count). The maximum absolute atomic E-state index is 12.7. The van der Waals surface area contributed by atoms with Gasteiger partial charge in [-0.1, -0.05) is 24.3 Å². The zero-order valence-corrected chi connectivity index (χ0v) is 18.2. The summed E-state index contributed by atoms with van der Waals surface area (Å²) in [6.45, 7) is 2.85. The van der Waals surface area contributed by atoms with Crippen molar-refractivity contribution in [3.8, 4) is 28.3 Å². The van der Waals surface area contributed by atoms with Crippen molar-refractivity contribution in [3.05, 3.63) is 59.2 Å². The van der Waals surface area contributed by atoms with Crippen LogP contribution in [0.2, 0.25) is 0 Å². The van der Waals surface area contributed by atoms with Crippen LogP contribution in [0.15, 0.2) is 42.5 Å². The molecular formula is C24H27N4O2S+. The van der Waals surface area contributed by atoms with E-state index in [4.69, 9.17) is 0 Å². The molecule has 2 aromatic carbocycles. The maximum atomic E-state index is 12.7. The van der Waals surface area contributed by atoms with Crippen molar-refractivity contribution in [2.45, 2.75) is 12.8 Å². The first-order valence-electron chi connectivity index (χ1n) is 10.8. The van der Waals surface area contributed by atoms with E-state index >= 15 is 0 Å². The molecule has 1 aromatic heterocycles. The number of H-pyrrole nitrogens is 1. The summed E-state index contributed by atoms with van der Waals surface area (Å²) in [5, 5.41) is 24.4. The van der Waals surface area contributed by atoms with Crippen LogP contribution in [0.4, 0.5) is 0 Å². The first-order chi connectivity index (χ1) is 15.2. The van der Waals surface area contributed by atoms with E-state index in [-0.39, 0.29) is 11.7 Å². The van der Waals surface area contributed by atoms with Crippen molar-refractivity contribution >= 4 is 16.8 Å². The van der Waals surface area contributed by atoms with Crippen LogP contribution < -0.4 is 10.6 Å². The Kier molecular flexibility index (Phi) is 5.70. The van der Waals surface area contributed by atoms with Gasteiger partial charge in [0.2, 0.25) is 0 Å². The molecule has 6 nitrogen and oxygen atoms in total. The van der Waals surface area contributed by atoms with E-state index in [1.54, 1.807) is 12.1 Å². The van der Waals surface area contributed by atoms with Gasteiger partial charge in [0.15, 0.2) is 0 Å². The van der Waals surface area contributed by atoms with Gasteiger partial charge in [0.05, 0.1) is 17.0 Å². The van der Waals surface area contributed by atoms with Crippen molar-refractivity contribution in [1.29, 1.82) is 0 Å². The highest BCUT2D eigenvalue weighted by Crippen LogP contribution is 2.40. The van der Waals surface area contributed by atoms with Crippen molar-refractivity contribution in [2.75, 3.05) is 36.9 Å². The summed E-state index contributed by atoms with van der Waals surface area (Å²) in [6, 6.07) is 13.5. The Bertz CT molecular complexity index is 1100. The van der Waals surface area contributed by atoms with E-state index in [0.717, 1.165) is 54.2 Å². The third kappa shape index (κ3) is 4.07. The molecular weight excluding hydrogens is 408 g/mol. The quantitative estimate of drug-likeness (QED) is 0.277. The van der Waals surface area contributed by atoms with E-state index in [9.17, 15) is 9.90 Å². The van der Waals surface area contributed by atoms with Crippen molar-refractivity contribution < 1.29 is 9.90 Å². The Morgan fingerprint density at radius 2 is 2.00 bits per heavy atom. The van der Waals surface area contributed by atoms with E-state index in [2.05, 4.69) is 33.0 Å². The molecule has 1 fully saturated rings. The number of phenolic OH excluding ortho intramolecular Hbond substituents is 1. The summed E-state index contributed by atoms with van der Waals surface area (Å²) < 4.78 is 0. The summed E-state index contributed by atoms with van der Waals surface area (Å²) >= 11 is 0. The standard InChI is InChI=1S/C24H26N4O2S/c29-21-7-6-17(22-20-14-16-4-1-2-5-18(16)23(20)28-27-22)15-19(21)24(30)26-8-3-11-31-12-9-25-10-13-31/h1-2,4-7,15,25H,3,8-14H2,(H2-,26,27,28,29,30)/p+1. The Labute approximate surface area is 184 Å². The van der Waals surface area contributed by atoms with Crippen LogP contribution in [-0.2, 0) is 17.3 Å². The van der Waals surface area contributed by atoms with Crippen LogP contribution in [0.25, 0.3) is 22.5 Å². The number of carbonyl (C=O) groups excluding carboxylic acids is 1. The molecule has 4 N–H and O–H groups in total. The van der Waals surface area contributed by atoms with Crippen LogP contribution >= 0.6 is 0 Å². The van der Waals surface area contributed by atoms with Crippen molar-refractivity contribution in [3.63, 3.8) is 0 Å². The average Bonchev–Trinajstić information content (AvgIpc) is 3.37. The zero-order valence-electron chi connectivity index (χ0n) is 17.4. The van der Waals surface area contributed by atoms with Gasteiger partial charge < -0.3 is 15.7 Å². The fourth-order valence-electron chi connectivity index (χ4n) is 4.41. The number of fused-ring (bicyclic) bond motifs is 3. The van der Waals surface area contributed by atoms with E-state index < -0.39 is 0 Å². The second kappa shape index (κ2) is 8.77. The fraction of sp³-hybridized carbons (Fsp3) is 0.333. The molecule has 0 spiro atoms. The van der Waals surface area contributed by atoms with Crippen LogP contribution in [0, 0.1) is 0 Å². The lowest BCUT2D eigenvalue weighted by atomic mass is 10.0. The number of carbonyl (C=O) groups is 1. The number of nitrogens with one attached hydrogen (secondary N) is 3. The van der Waals surface area contributed by atoms with Gasteiger partial charge in [0.1, 0.15) is 23.0 Å². The molecule has 3 aromatic rings. The van der Waals surface area contributed by atoms with Gasteiger partial charge in [0, 0.05) is 49.2 Å². The highest BCUT2D eigenvalue weighted by atomic mass is 32.2. The topological polar surface area (TPSA) is 90.0 Å². The number of aromatic hydroxyl groups is 1. The minimum Gasteiger partial charge on any atom is -0.507 e. The number of hydrogen-bond acceptors (Lipinski definition) is 4. The van der Waals surface area contributed by atoms with Gasteiger partial charge in [-0.05, 0) is 34.7 Å². The number of benzene rings is 2. The minimum atomic E-state index is -0.233. The smallest absolute Gasteiger partial charge is 0.255 e. The largest absolute Gasteiger partial charge is 0.507 e. The first kappa shape index (κ1) is 20.2. The van der Waals surface area contributed by atoms with Gasteiger partial charge in [-0.3, -0.25) is 9.89 Å². The third-order valence-electron chi connectivity index (χ3n) is 6.07. The third-order valence-corrected chi connectivity index (χ3v) is 8.50. The maximum Gasteiger partial charge on any atom is 0.255 e. The van der Waals surface area contributed by atoms with E-state index in [0.29, 0.717) is 23.0 Å². The number of rotatable bonds is 6. The molecule has 160 valence electrons. The number of hydrogen-bond donors (Lipinski definition) is 4. The number of nitrogens with zero attached hydrogens (tertiary/aromatic N) is 1. The van der Waals surface area contributed by atoms with Crippen molar-refractivity contribution in [1.82, 2.24) is 20.8 Å². The van der Waals surface area contributed by atoms with Gasteiger partial charge in [-0.25, -0.2) is 0 Å². The van der Waals surface area contributed by atoms with E-state index in [1.807, 2.05) is 18.2 Å². The van der Waals surface area contributed by atoms with Gasteiger partial charge >= 0.3 is 0 Å². The minimum absolute atomic E-state index is 0.00283. The zero-order chi connectivity index (χ0) is 21.2. The number of aromatic amines is 1. The molecule has 0 radical (unpaired) electrons. The van der Waals surface area contributed by atoms with Crippen LogP contribution in [0.1, 0.15) is 27.9 Å². The molecule has 1 aliphatic heterocycles. The highest BCUT2D eigenvalue weighted by Gasteiger charge is 2.25. The molecule has 0 atom stereocenters. The summed E-state index contributed by atoms with van der Waals surface area (Å²) in [4.78, 5) is 12.7. The molecule has 0 saturated carbocycles. The lowest BCUT2D eigenvalue weighted by Gasteiger charge is -2.15. The van der Waals surface area contributed by atoms with Crippen LogP contribution in [-0.4, -0.2) is 58.1 Å². The highest BCUT2D eigenvalue weighted by molar-refractivity contribution is 7.96. The van der Waals surface area contributed by atoms with Crippen LogP contribution in [0.3, 0.4) is 0 Å².